The number of anilines is 2. The number of pyridine rings is 1. The van der Waals surface area contributed by atoms with Crippen LogP contribution < -0.4 is 10.2 Å². The summed E-state index contributed by atoms with van der Waals surface area (Å²) in [6, 6.07) is 10.1. The molecule has 2 aromatic rings. The van der Waals surface area contributed by atoms with Crippen molar-refractivity contribution in [2.75, 3.05) is 24.3 Å². The molecule has 0 atom stereocenters. The van der Waals surface area contributed by atoms with E-state index in [1.54, 1.807) is 18.3 Å². The lowest BCUT2D eigenvalue weighted by Crippen LogP contribution is -2.13. The highest BCUT2D eigenvalue weighted by molar-refractivity contribution is 5.64. The maximum Gasteiger partial charge on any atom is 0.263 e. The van der Waals surface area contributed by atoms with E-state index in [-0.39, 0.29) is 5.56 Å². The van der Waals surface area contributed by atoms with Gasteiger partial charge in [-0.3, -0.25) is 0 Å². The van der Waals surface area contributed by atoms with Gasteiger partial charge in [0.15, 0.2) is 5.82 Å². The summed E-state index contributed by atoms with van der Waals surface area (Å²) in [6.07, 6.45) is -0.687. The summed E-state index contributed by atoms with van der Waals surface area (Å²) in [6.45, 7) is 0.566. The van der Waals surface area contributed by atoms with Crippen molar-refractivity contribution in [2.24, 2.45) is 0 Å². The van der Waals surface area contributed by atoms with Crippen molar-refractivity contribution in [2.45, 2.75) is 13.0 Å². The first-order valence-electron chi connectivity index (χ1n) is 6.31. The number of hydrogen-bond donors (Lipinski definition) is 1. The van der Waals surface area contributed by atoms with Crippen LogP contribution >= 0.6 is 0 Å². The molecular formula is C15H17F2N3. The molecule has 0 fully saturated rings. The third-order valence-corrected chi connectivity index (χ3v) is 2.92. The van der Waals surface area contributed by atoms with Gasteiger partial charge >= 0.3 is 0 Å². The molecule has 20 heavy (non-hydrogen) atoms. The molecule has 0 radical (unpaired) electrons. The van der Waals surface area contributed by atoms with Crippen molar-refractivity contribution in [1.82, 2.24) is 4.98 Å². The lowest BCUT2D eigenvalue weighted by Gasteiger charge is -2.17. The largest absolute Gasteiger partial charge is 0.378 e. The van der Waals surface area contributed by atoms with E-state index in [0.717, 1.165) is 17.1 Å². The molecule has 0 aliphatic carbocycles. The number of hydrogen-bond acceptors (Lipinski definition) is 3. The maximum absolute atomic E-state index is 12.5. The predicted molar refractivity (Wildman–Crippen MR) is 77.3 cm³/mol. The zero-order chi connectivity index (χ0) is 14.5. The molecule has 0 spiro atoms. The third-order valence-electron chi connectivity index (χ3n) is 2.92. The zero-order valence-electron chi connectivity index (χ0n) is 11.5. The zero-order valence-corrected chi connectivity index (χ0v) is 11.5. The van der Waals surface area contributed by atoms with E-state index < -0.39 is 6.43 Å². The summed E-state index contributed by atoms with van der Waals surface area (Å²) >= 11 is 0. The van der Waals surface area contributed by atoms with Crippen LogP contribution in [0, 0.1) is 0 Å². The molecule has 1 N–H and O–H groups in total. The van der Waals surface area contributed by atoms with Gasteiger partial charge in [0.05, 0.1) is 5.69 Å². The van der Waals surface area contributed by atoms with E-state index in [0.29, 0.717) is 6.54 Å². The van der Waals surface area contributed by atoms with Crippen molar-refractivity contribution in [3.8, 4) is 0 Å². The number of nitrogens with zero attached hydrogens (tertiary/aromatic N) is 2. The first-order valence-corrected chi connectivity index (χ1v) is 6.31. The van der Waals surface area contributed by atoms with Gasteiger partial charge in [-0.05, 0) is 17.7 Å². The molecular weight excluding hydrogens is 260 g/mol. The van der Waals surface area contributed by atoms with Gasteiger partial charge < -0.3 is 10.2 Å². The molecule has 3 nitrogen and oxygen atoms in total. The van der Waals surface area contributed by atoms with Crippen molar-refractivity contribution in [3.05, 3.63) is 53.7 Å². The summed E-state index contributed by atoms with van der Waals surface area (Å²) in [5.41, 5.74) is 1.91. The average molecular weight is 277 g/mol. The minimum Gasteiger partial charge on any atom is -0.378 e. The van der Waals surface area contributed by atoms with E-state index in [2.05, 4.69) is 10.3 Å². The van der Waals surface area contributed by atoms with E-state index >= 15 is 0 Å². The second-order valence-electron chi connectivity index (χ2n) is 4.66. The van der Waals surface area contributed by atoms with Gasteiger partial charge in [0.25, 0.3) is 6.43 Å². The van der Waals surface area contributed by atoms with Crippen LogP contribution in [0.15, 0.2) is 42.6 Å². The second kappa shape index (κ2) is 6.32. The molecule has 0 bridgehead atoms. The fourth-order valence-corrected chi connectivity index (χ4v) is 1.87. The molecule has 0 aliphatic heterocycles. The molecule has 0 unspecified atom stereocenters. The van der Waals surface area contributed by atoms with Crippen molar-refractivity contribution in [3.63, 3.8) is 0 Å². The second-order valence-corrected chi connectivity index (χ2v) is 4.66. The van der Waals surface area contributed by atoms with Gasteiger partial charge in [-0.1, -0.05) is 24.3 Å². The molecule has 2 rings (SSSR count). The van der Waals surface area contributed by atoms with Gasteiger partial charge in [-0.25, -0.2) is 13.8 Å². The van der Waals surface area contributed by atoms with Crippen molar-refractivity contribution >= 4 is 11.5 Å². The van der Waals surface area contributed by atoms with Crippen LogP contribution in [-0.2, 0) is 6.54 Å². The van der Waals surface area contributed by atoms with Crippen LogP contribution in [0.5, 0.6) is 0 Å². The third kappa shape index (κ3) is 3.44. The molecule has 106 valence electrons. The Balaban J connectivity index is 2.05. The van der Waals surface area contributed by atoms with E-state index in [1.165, 1.54) is 12.1 Å². The first kappa shape index (κ1) is 14.2. The number of rotatable bonds is 5. The smallest absolute Gasteiger partial charge is 0.263 e. The Morgan fingerprint density at radius 3 is 2.45 bits per heavy atom. The Morgan fingerprint density at radius 2 is 1.85 bits per heavy atom. The Kier molecular flexibility index (Phi) is 4.50. The summed E-state index contributed by atoms with van der Waals surface area (Å²) < 4.78 is 24.9. The highest BCUT2D eigenvalue weighted by Gasteiger charge is 2.07. The molecule has 1 heterocycles. The highest BCUT2D eigenvalue weighted by Crippen LogP contribution is 2.22. The lowest BCUT2D eigenvalue weighted by molar-refractivity contribution is 0.151. The minimum absolute atomic E-state index is 0.0455. The van der Waals surface area contributed by atoms with Crippen molar-refractivity contribution < 1.29 is 8.78 Å². The van der Waals surface area contributed by atoms with E-state index in [1.807, 2.05) is 31.1 Å². The minimum atomic E-state index is -2.42. The van der Waals surface area contributed by atoms with Crippen molar-refractivity contribution in [1.29, 1.82) is 0 Å². The fraction of sp³-hybridized carbons (Fsp3) is 0.267. The lowest BCUT2D eigenvalue weighted by atomic mass is 10.1. The normalized spacial score (nSPS) is 10.7. The van der Waals surface area contributed by atoms with Crippen LogP contribution in [0.4, 0.5) is 20.3 Å². The SMILES string of the molecule is CN(C)c1ncccc1NCc1ccc(C(F)F)cc1. The summed E-state index contributed by atoms with van der Waals surface area (Å²) in [7, 11) is 3.84. The molecule has 0 saturated carbocycles. The van der Waals surface area contributed by atoms with Crippen LogP contribution in [0.3, 0.4) is 0 Å². The Morgan fingerprint density at radius 1 is 1.15 bits per heavy atom. The number of alkyl halides is 2. The van der Waals surface area contributed by atoms with Gasteiger partial charge in [-0.15, -0.1) is 0 Å². The van der Waals surface area contributed by atoms with Gasteiger partial charge in [0, 0.05) is 32.4 Å². The number of halogens is 2. The Bertz CT molecular complexity index is 553. The fourth-order valence-electron chi connectivity index (χ4n) is 1.87. The van der Waals surface area contributed by atoms with E-state index in [4.69, 9.17) is 0 Å². The number of aromatic nitrogens is 1. The summed E-state index contributed by atoms with van der Waals surface area (Å²) in [5.74, 6) is 0.844. The van der Waals surface area contributed by atoms with Crippen LogP contribution in [-0.4, -0.2) is 19.1 Å². The number of benzene rings is 1. The van der Waals surface area contributed by atoms with Gasteiger partial charge in [0.2, 0.25) is 0 Å². The molecule has 0 amide bonds. The van der Waals surface area contributed by atoms with Crippen LogP contribution in [0.25, 0.3) is 0 Å². The topological polar surface area (TPSA) is 28.2 Å². The molecule has 0 aliphatic rings. The molecule has 1 aromatic heterocycles. The van der Waals surface area contributed by atoms with E-state index in [9.17, 15) is 8.78 Å². The number of nitrogens with one attached hydrogen (secondary N) is 1. The first-order chi connectivity index (χ1) is 9.58. The van der Waals surface area contributed by atoms with Gasteiger partial charge in [0.1, 0.15) is 0 Å². The quantitative estimate of drug-likeness (QED) is 0.903. The molecule has 0 saturated heterocycles. The summed E-state index contributed by atoms with van der Waals surface area (Å²) in [5, 5.41) is 3.27. The predicted octanol–water partition coefficient (Wildman–Crippen LogP) is 3.70. The standard InChI is InChI=1S/C15H17F2N3/c1-20(2)15-13(4-3-9-18-15)19-10-11-5-7-12(8-6-11)14(16)17/h3-9,14,19H,10H2,1-2H3. The maximum atomic E-state index is 12.5. The van der Waals surface area contributed by atoms with Gasteiger partial charge in [-0.2, -0.15) is 0 Å². The molecule has 5 heteroatoms. The Hall–Kier alpha value is -2.17. The summed E-state index contributed by atoms with van der Waals surface area (Å²) in [4.78, 5) is 6.21. The van der Waals surface area contributed by atoms with Crippen LogP contribution in [0.2, 0.25) is 0 Å². The molecule has 1 aromatic carbocycles. The monoisotopic (exact) mass is 277 g/mol. The van der Waals surface area contributed by atoms with Crippen LogP contribution in [0.1, 0.15) is 17.6 Å². The Labute approximate surface area is 117 Å². The average Bonchev–Trinajstić information content (AvgIpc) is 2.45. The highest BCUT2D eigenvalue weighted by atomic mass is 19.3.